The lowest BCUT2D eigenvalue weighted by Crippen LogP contribution is -2.52. The highest BCUT2D eigenvalue weighted by molar-refractivity contribution is 5.83. The van der Waals surface area contributed by atoms with Crippen LogP contribution in [0.5, 0.6) is 0 Å². The van der Waals surface area contributed by atoms with Crippen molar-refractivity contribution in [1.29, 1.82) is 5.26 Å². The summed E-state index contributed by atoms with van der Waals surface area (Å²) >= 11 is 0. The first kappa shape index (κ1) is 13.9. The number of H-pyrrole nitrogens is 1. The molecule has 0 saturated heterocycles. The number of imidazole rings is 1. The van der Waals surface area contributed by atoms with Crippen molar-refractivity contribution in [3.05, 3.63) is 17.7 Å². The van der Waals surface area contributed by atoms with E-state index >= 15 is 0 Å². The lowest BCUT2D eigenvalue weighted by atomic mass is 10.0. The molecule has 1 atom stereocenters. The molecule has 2 rings (SSSR count). The average Bonchev–Trinajstić information content (AvgIpc) is 2.89. The molecule has 1 aliphatic rings. The number of aliphatic carboxylic acids is 1. The lowest BCUT2D eigenvalue weighted by molar-refractivity contribution is -0.142. The summed E-state index contributed by atoms with van der Waals surface area (Å²) in [6, 6.07) is 0.634. The summed E-state index contributed by atoms with van der Waals surface area (Å²) in [6.45, 7) is 0.454. The maximum atomic E-state index is 12.3. The van der Waals surface area contributed by atoms with Gasteiger partial charge in [0.1, 0.15) is 6.04 Å². The second-order valence-corrected chi connectivity index (χ2v) is 4.63. The molecule has 1 aromatic heterocycles. The summed E-state index contributed by atoms with van der Waals surface area (Å²) in [5, 5.41) is 17.8. The monoisotopic (exact) mass is 277 g/mol. The van der Waals surface area contributed by atoms with Gasteiger partial charge in [0, 0.05) is 20.0 Å². The number of amides is 2. The van der Waals surface area contributed by atoms with Gasteiger partial charge < -0.3 is 19.9 Å². The van der Waals surface area contributed by atoms with Crippen LogP contribution in [0.15, 0.2) is 6.33 Å². The number of carbonyl (C=O) groups is 2. The molecule has 0 bridgehead atoms. The first-order valence-corrected chi connectivity index (χ1v) is 6.17. The SMILES string of the molecule is CN(CCC#N)C(=O)N1Cc2[nH]cnc2CC1C(=O)O. The number of urea groups is 1. The maximum Gasteiger partial charge on any atom is 0.326 e. The van der Waals surface area contributed by atoms with Crippen molar-refractivity contribution < 1.29 is 14.7 Å². The number of aromatic nitrogens is 2. The van der Waals surface area contributed by atoms with Gasteiger partial charge in [-0.3, -0.25) is 0 Å². The van der Waals surface area contributed by atoms with Gasteiger partial charge in [-0.25, -0.2) is 14.6 Å². The minimum Gasteiger partial charge on any atom is -0.480 e. The Hall–Kier alpha value is -2.56. The Kier molecular flexibility index (Phi) is 3.89. The van der Waals surface area contributed by atoms with Gasteiger partial charge in [0.05, 0.1) is 36.7 Å². The molecular weight excluding hydrogens is 262 g/mol. The minimum atomic E-state index is -1.05. The van der Waals surface area contributed by atoms with Gasteiger partial charge in [-0.15, -0.1) is 0 Å². The fourth-order valence-corrected chi connectivity index (χ4v) is 2.19. The van der Waals surface area contributed by atoms with Crippen LogP contribution in [0.2, 0.25) is 0 Å². The fourth-order valence-electron chi connectivity index (χ4n) is 2.19. The normalized spacial score (nSPS) is 17.2. The Morgan fingerprint density at radius 1 is 1.70 bits per heavy atom. The van der Waals surface area contributed by atoms with E-state index in [-0.39, 0.29) is 25.9 Å². The summed E-state index contributed by atoms with van der Waals surface area (Å²) in [6.07, 6.45) is 1.89. The molecule has 2 heterocycles. The molecular formula is C12H15N5O3. The number of carbonyl (C=O) groups excluding carboxylic acids is 1. The van der Waals surface area contributed by atoms with Crippen LogP contribution in [0.25, 0.3) is 0 Å². The van der Waals surface area contributed by atoms with E-state index in [1.165, 1.54) is 16.1 Å². The smallest absolute Gasteiger partial charge is 0.326 e. The Balaban J connectivity index is 2.18. The molecule has 8 nitrogen and oxygen atoms in total. The Bertz CT molecular complexity index is 562. The molecule has 1 unspecified atom stereocenters. The van der Waals surface area contributed by atoms with Gasteiger partial charge in [0.15, 0.2) is 0 Å². The second kappa shape index (κ2) is 5.61. The molecule has 0 spiro atoms. The number of nitriles is 1. The molecule has 0 aliphatic carbocycles. The number of hydrogen-bond donors (Lipinski definition) is 2. The number of hydrogen-bond acceptors (Lipinski definition) is 4. The van der Waals surface area contributed by atoms with E-state index in [0.29, 0.717) is 5.69 Å². The first-order chi connectivity index (χ1) is 9.54. The fraction of sp³-hybridized carbons (Fsp3) is 0.500. The average molecular weight is 277 g/mol. The van der Waals surface area contributed by atoms with Gasteiger partial charge in [-0.05, 0) is 0 Å². The molecule has 20 heavy (non-hydrogen) atoms. The Morgan fingerprint density at radius 3 is 3.10 bits per heavy atom. The van der Waals surface area contributed by atoms with E-state index in [1.54, 1.807) is 7.05 Å². The highest BCUT2D eigenvalue weighted by Crippen LogP contribution is 2.22. The van der Waals surface area contributed by atoms with Crippen LogP contribution < -0.4 is 0 Å². The zero-order valence-corrected chi connectivity index (χ0v) is 11.0. The van der Waals surface area contributed by atoms with Crippen LogP contribution in [0.3, 0.4) is 0 Å². The van der Waals surface area contributed by atoms with Crippen LogP contribution in [0, 0.1) is 11.3 Å². The highest BCUT2D eigenvalue weighted by Gasteiger charge is 2.37. The quantitative estimate of drug-likeness (QED) is 0.818. The summed E-state index contributed by atoms with van der Waals surface area (Å²) in [4.78, 5) is 33.3. The number of nitrogens with zero attached hydrogens (tertiary/aromatic N) is 4. The number of aromatic amines is 1. The molecule has 1 aliphatic heterocycles. The number of fused-ring (bicyclic) bond motifs is 1. The number of rotatable bonds is 3. The van der Waals surface area contributed by atoms with Crippen LogP contribution in [0.4, 0.5) is 4.79 Å². The predicted molar refractivity (Wildman–Crippen MR) is 67.5 cm³/mol. The van der Waals surface area contributed by atoms with E-state index in [4.69, 9.17) is 5.26 Å². The molecule has 0 fully saturated rings. The summed E-state index contributed by atoms with van der Waals surface area (Å²) in [7, 11) is 1.56. The number of carboxylic acids is 1. The third-order valence-electron chi connectivity index (χ3n) is 3.32. The summed E-state index contributed by atoms with van der Waals surface area (Å²) in [5.41, 5.74) is 1.44. The van der Waals surface area contributed by atoms with Gasteiger partial charge in [0.25, 0.3) is 0 Å². The highest BCUT2D eigenvalue weighted by atomic mass is 16.4. The van der Waals surface area contributed by atoms with Crippen LogP contribution in [0.1, 0.15) is 17.8 Å². The number of nitrogens with one attached hydrogen (secondary N) is 1. The van der Waals surface area contributed by atoms with E-state index < -0.39 is 18.0 Å². The van der Waals surface area contributed by atoms with Crippen molar-refractivity contribution in [2.75, 3.05) is 13.6 Å². The van der Waals surface area contributed by atoms with Crippen LogP contribution in [-0.2, 0) is 17.8 Å². The van der Waals surface area contributed by atoms with E-state index in [9.17, 15) is 14.7 Å². The van der Waals surface area contributed by atoms with E-state index in [2.05, 4.69) is 9.97 Å². The second-order valence-electron chi connectivity index (χ2n) is 4.63. The van der Waals surface area contributed by atoms with Crippen molar-refractivity contribution in [3.8, 4) is 6.07 Å². The van der Waals surface area contributed by atoms with Crippen LogP contribution in [-0.4, -0.2) is 56.5 Å². The molecule has 2 amide bonds. The number of carboxylic acid groups (broad SMARTS) is 1. The van der Waals surface area contributed by atoms with E-state index in [0.717, 1.165) is 5.69 Å². The standard InChI is InChI=1S/C12H15N5O3/c1-16(4-2-3-13)12(20)17-6-9-8(14-7-15-9)5-10(17)11(18)19/h7,10H,2,4-6H2,1H3,(H,14,15)(H,18,19). The first-order valence-electron chi connectivity index (χ1n) is 6.17. The molecule has 2 N–H and O–H groups in total. The van der Waals surface area contributed by atoms with Crippen molar-refractivity contribution in [2.24, 2.45) is 0 Å². The molecule has 0 aromatic carbocycles. The molecule has 106 valence electrons. The minimum absolute atomic E-state index is 0.183. The summed E-state index contributed by atoms with van der Waals surface area (Å²) in [5.74, 6) is -1.05. The van der Waals surface area contributed by atoms with E-state index in [1.807, 2.05) is 6.07 Å². The third kappa shape index (κ3) is 2.56. The summed E-state index contributed by atoms with van der Waals surface area (Å²) < 4.78 is 0. The zero-order chi connectivity index (χ0) is 14.7. The Labute approximate surface area is 115 Å². The third-order valence-corrected chi connectivity index (χ3v) is 3.32. The molecule has 0 radical (unpaired) electrons. The molecule has 0 saturated carbocycles. The van der Waals surface area contributed by atoms with Gasteiger partial charge >= 0.3 is 12.0 Å². The maximum absolute atomic E-state index is 12.3. The van der Waals surface area contributed by atoms with Crippen molar-refractivity contribution >= 4 is 12.0 Å². The topological polar surface area (TPSA) is 113 Å². The van der Waals surface area contributed by atoms with Gasteiger partial charge in [-0.2, -0.15) is 5.26 Å². The predicted octanol–water partition coefficient (Wildman–Crippen LogP) is 0.186. The lowest BCUT2D eigenvalue weighted by Gasteiger charge is -2.35. The molecule has 1 aromatic rings. The Morgan fingerprint density at radius 2 is 2.45 bits per heavy atom. The van der Waals surface area contributed by atoms with Gasteiger partial charge in [0.2, 0.25) is 0 Å². The van der Waals surface area contributed by atoms with Crippen molar-refractivity contribution in [2.45, 2.75) is 25.4 Å². The van der Waals surface area contributed by atoms with Crippen LogP contribution >= 0.6 is 0 Å². The zero-order valence-electron chi connectivity index (χ0n) is 11.0. The largest absolute Gasteiger partial charge is 0.480 e. The van der Waals surface area contributed by atoms with Crippen molar-refractivity contribution in [3.63, 3.8) is 0 Å². The van der Waals surface area contributed by atoms with Crippen molar-refractivity contribution in [1.82, 2.24) is 19.8 Å². The van der Waals surface area contributed by atoms with Gasteiger partial charge in [-0.1, -0.05) is 0 Å². The molecule has 8 heteroatoms.